The Morgan fingerprint density at radius 2 is 2.00 bits per heavy atom. The van der Waals surface area contributed by atoms with Gasteiger partial charge in [0.1, 0.15) is 0 Å². The lowest BCUT2D eigenvalue weighted by Gasteiger charge is -2.22. The van der Waals surface area contributed by atoms with Gasteiger partial charge in [0.25, 0.3) is 12.5 Å². The zero-order chi connectivity index (χ0) is 13.7. The summed E-state index contributed by atoms with van der Waals surface area (Å²) < 4.78 is 11.1. The van der Waals surface area contributed by atoms with Crippen LogP contribution in [0.15, 0.2) is 24.3 Å². The van der Waals surface area contributed by atoms with E-state index in [-0.39, 0.29) is 12.5 Å². The molecule has 2 rings (SSSR count). The van der Waals surface area contributed by atoms with E-state index in [1.807, 2.05) is 31.2 Å². The number of benzene rings is 1. The Labute approximate surface area is 112 Å². The molecule has 0 aromatic heterocycles. The number of carbonyl (C=O) groups excluding carboxylic acids is 1. The van der Waals surface area contributed by atoms with Gasteiger partial charge in [0.2, 0.25) is 0 Å². The number of ether oxygens (including phenoxy) is 2. The average Bonchev–Trinajstić information content (AvgIpc) is 2.86. The predicted octanol–water partition coefficient (Wildman–Crippen LogP) is 1.44. The summed E-state index contributed by atoms with van der Waals surface area (Å²) in [5.74, 6) is -0.917. The fraction of sp³-hybridized carbons (Fsp3) is 0.429. The number of hydrogen-bond acceptors (Lipinski definition) is 3. The first-order valence-corrected chi connectivity index (χ1v) is 6.11. The summed E-state index contributed by atoms with van der Waals surface area (Å²) in [6.07, 6.45) is 0. The number of carbonyl (C=O) groups is 1. The van der Waals surface area contributed by atoms with Gasteiger partial charge >= 0.3 is 0 Å². The van der Waals surface area contributed by atoms with Gasteiger partial charge in [0, 0.05) is 12.1 Å². The van der Waals surface area contributed by atoms with Crippen LogP contribution in [0.1, 0.15) is 18.1 Å². The van der Waals surface area contributed by atoms with Gasteiger partial charge in [-0.1, -0.05) is 24.3 Å². The molecule has 100 valence electrons. The van der Waals surface area contributed by atoms with E-state index in [2.05, 4.69) is 10.2 Å². The zero-order valence-corrected chi connectivity index (χ0v) is 10.8. The second kappa shape index (κ2) is 5.83. The molecule has 19 heavy (non-hydrogen) atoms. The van der Waals surface area contributed by atoms with E-state index >= 15 is 0 Å². The SMILES string of the molecule is [C-]#[N+]CC(=O)NCc1ccc(C2(C)OCCO2)cc1. The molecule has 5 nitrogen and oxygen atoms in total. The van der Waals surface area contributed by atoms with Crippen molar-refractivity contribution < 1.29 is 14.3 Å². The molecule has 0 unspecified atom stereocenters. The lowest BCUT2D eigenvalue weighted by Crippen LogP contribution is -2.25. The number of nitrogens with one attached hydrogen (secondary N) is 1. The Bertz CT molecular complexity index is 484. The van der Waals surface area contributed by atoms with E-state index in [4.69, 9.17) is 16.0 Å². The minimum absolute atomic E-state index is 0.127. The van der Waals surface area contributed by atoms with Gasteiger partial charge in [0.05, 0.1) is 13.2 Å². The van der Waals surface area contributed by atoms with Gasteiger partial charge in [-0.05, 0) is 12.5 Å². The lowest BCUT2D eigenvalue weighted by atomic mass is 10.1. The third-order valence-electron chi connectivity index (χ3n) is 3.03. The van der Waals surface area contributed by atoms with Crippen LogP contribution in [0, 0.1) is 6.57 Å². The van der Waals surface area contributed by atoms with Crippen LogP contribution in [-0.4, -0.2) is 25.7 Å². The second-order valence-electron chi connectivity index (χ2n) is 4.43. The summed E-state index contributed by atoms with van der Waals surface area (Å²) in [4.78, 5) is 14.2. The molecule has 0 spiro atoms. The Morgan fingerprint density at radius 1 is 1.37 bits per heavy atom. The van der Waals surface area contributed by atoms with Crippen LogP contribution < -0.4 is 5.32 Å². The second-order valence-corrected chi connectivity index (χ2v) is 4.43. The summed E-state index contributed by atoms with van der Waals surface area (Å²) in [5, 5.41) is 2.68. The topological polar surface area (TPSA) is 51.9 Å². The van der Waals surface area contributed by atoms with Crippen LogP contribution in [0.2, 0.25) is 0 Å². The first-order chi connectivity index (χ1) is 9.14. The fourth-order valence-electron chi connectivity index (χ4n) is 1.93. The smallest absolute Gasteiger partial charge is 0.300 e. The number of nitrogens with zero attached hydrogens (tertiary/aromatic N) is 1. The molecular formula is C14H16N2O3. The van der Waals surface area contributed by atoms with Crippen molar-refractivity contribution in [3.05, 3.63) is 46.8 Å². The normalized spacial score (nSPS) is 16.8. The summed E-state index contributed by atoms with van der Waals surface area (Å²) in [6.45, 7) is 9.99. The van der Waals surface area contributed by atoms with Crippen molar-refractivity contribution in [2.45, 2.75) is 19.3 Å². The molecular weight excluding hydrogens is 244 g/mol. The number of rotatable bonds is 4. The van der Waals surface area contributed by atoms with E-state index in [1.165, 1.54) is 0 Å². The van der Waals surface area contributed by atoms with Gasteiger partial charge in [0.15, 0.2) is 5.79 Å². The summed E-state index contributed by atoms with van der Waals surface area (Å²) >= 11 is 0. The molecule has 1 heterocycles. The van der Waals surface area contributed by atoms with Crippen LogP contribution >= 0.6 is 0 Å². The molecule has 5 heteroatoms. The maximum absolute atomic E-state index is 11.2. The van der Waals surface area contributed by atoms with Gasteiger partial charge in [-0.15, -0.1) is 0 Å². The average molecular weight is 260 g/mol. The zero-order valence-electron chi connectivity index (χ0n) is 10.8. The van der Waals surface area contributed by atoms with Crippen molar-refractivity contribution >= 4 is 5.91 Å². The lowest BCUT2D eigenvalue weighted by molar-refractivity contribution is -0.149. The monoisotopic (exact) mass is 260 g/mol. The standard InChI is InChI=1S/C14H16N2O3/c1-14(18-7-8-19-14)12-5-3-11(4-6-12)9-16-13(17)10-15-2/h3-6H,7-10H2,1H3,(H,16,17). The third kappa shape index (κ3) is 3.31. The Morgan fingerprint density at radius 3 is 2.58 bits per heavy atom. The Kier molecular flexibility index (Phi) is 4.15. The largest absolute Gasteiger partial charge is 0.346 e. The first kappa shape index (κ1) is 13.5. The van der Waals surface area contributed by atoms with Crippen molar-refractivity contribution in [3.63, 3.8) is 0 Å². The summed E-state index contributed by atoms with van der Waals surface area (Å²) in [6, 6.07) is 7.71. The van der Waals surface area contributed by atoms with E-state index in [0.717, 1.165) is 11.1 Å². The molecule has 0 saturated carbocycles. The highest BCUT2D eigenvalue weighted by atomic mass is 16.7. The molecule has 1 aliphatic heterocycles. The molecule has 0 radical (unpaired) electrons. The van der Waals surface area contributed by atoms with Crippen molar-refractivity contribution in [2.75, 3.05) is 19.8 Å². The predicted molar refractivity (Wildman–Crippen MR) is 69.0 cm³/mol. The van der Waals surface area contributed by atoms with Gasteiger partial charge in [-0.3, -0.25) is 4.79 Å². The van der Waals surface area contributed by atoms with E-state index in [9.17, 15) is 4.79 Å². The minimum atomic E-state index is -0.661. The minimum Gasteiger partial charge on any atom is -0.346 e. The van der Waals surface area contributed by atoms with Crippen LogP contribution in [0.3, 0.4) is 0 Å². The molecule has 1 aromatic carbocycles. The van der Waals surface area contributed by atoms with Crippen LogP contribution in [0.5, 0.6) is 0 Å². The van der Waals surface area contributed by atoms with Crippen molar-refractivity contribution in [2.24, 2.45) is 0 Å². The highest BCUT2D eigenvalue weighted by Gasteiger charge is 2.32. The molecule has 0 atom stereocenters. The number of amides is 1. The molecule has 1 amide bonds. The maximum Gasteiger partial charge on any atom is 0.300 e. The third-order valence-corrected chi connectivity index (χ3v) is 3.03. The highest BCUT2D eigenvalue weighted by Crippen LogP contribution is 2.30. The van der Waals surface area contributed by atoms with Gasteiger partial charge in [-0.2, -0.15) is 0 Å². The molecule has 0 bridgehead atoms. The molecule has 1 saturated heterocycles. The van der Waals surface area contributed by atoms with Crippen molar-refractivity contribution in [3.8, 4) is 0 Å². The van der Waals surface area contributed by atoms with Crippen molar-refractivity contribution in [1.82, 2.24) is 5.32 Å². The van der Waals surface area contributed by atoms with Crippen molar-refractivity contribution in [1.29, 1.82) is 0 Å². The Hall–Kier alpha value is -1.90. The van der Waals surface area contributed by atoms with E-state index in [0.29, 0.717) is 19.8 Å². The maximum atomic E-state index is 11.2. The fourth-order valence-corrected chi connectivity index (χ4v) is 1.93. The first-order valence-electron chi connectivity index (χ1n) is 6.11. The summed E-state index contributed by atoms with van der Waals surface area (Å²) in [7, 11) is 0. The highest BCUT2D eigenvalue weighted by molar-refractivity contribution is 5.79. The van der Waals surface area contributed by atoms with Crippen LogP contribution in [0.25, 0.3) is 4.85 Å². The molecule has 1 N–H and O–H groups in total. The molecule has 0 aliphatic carbocycles. The molecule has 1 fully saturated rings. The van der Waals surface area contributed by atoms with Crippen LogP contribution in [0.4, 0.5) is 0 Å². The van der Waals surface area contributed by atoms with Crippen LogP contribution in [-0.2, 0) is 26.6 Å². The molecule has 1 aliphatic rings. The quantitative estimate of drug-likeness (QED) is 0.833. The van der Waals surface area contributed by atoms with E-state index in [1.54, 1.807) is 0 Å². The molecule has 1 aromatic rings. The van der Waals surface area contributed by atoms with Gasteiger partial charge < -0.3 is 19.6 Å². The van der Waals surface area contributed by atoms with Gasteiger partial charge in [-0.25, -0.2) is 6.57 Å². The number of hydrogen-bond donors (Lipinski definition) is 1. The van der Waals surface area contributed by atoms with E-state index < -0.39 is 5.79 Å². The Balaban J connectivity index is 1.95. The summed E-state index contributed by atoms with van der Waals surface area (Å²) in [5.41, 5.74) is 1.94.